The molecule has 100 valence electrons. The van der Waals surface area contributed by atoms with Crippen LogP contribution in [0.4, 0.5) is 0 Å². The Morgan fingerprint density at radius 1 is 1.22 bits per heavy atom. The van der Waals surface area contributed by atoms with Crippen molar-refractivity contribution in [2.24, 2.45) is 0 Å². The first-order valence-corrected chi connectivity index (χ1v) is 6.08. The highest BCUT2D eigenvalue weighted by Gasteiger charge is 2.08. The number of rotatable bonds is 5. The maximum absolute atomic E-state index is 11.0. The minimum atomic E-state index is -0.131. The summed E-state index contributed by atoms with van der Waals surface area (Å²) in [4.78, 5) is 11.0. The zero-order chi connectivity index (χ0) is 13.6. The molecule has 0 saturated carbocycles. The third-order valence-electron chi connectivity index (χ3n) is 2.39. The van der Waals surface area contributed by atoms with E-state index in [4.69, 9.17) is 4.74 Å². The van der Waals surface area contributed by atoms with Crippen LogP contribution < -0.4 is 15.4 Å². The van der Waals surface area contributed by atoms with E-state index in [9.17, 15) is 4.79 Å². The highest BCUT2D eigenvalue weighted by Crippen LogP contribution is 2.12. The number of hydrogen-bond donors (Lipinski definition) is 2. The van der Waals surface area contributed by atoms with Gasteiger partial charge in [0.15, 0.2) is 6.61 Å². The SMILES string of the molecule is CNC(=O)COc1ccc(CNC(C)(C)C)cc1. The molecule has 1 aromatic carbocycles. The molecule has 0 aliphatic heterocycles. The summed E-state index contributed by atoms with van der Waals surface area (Å²) in [5, 5.41) is 5.92. The lowest BCUT2D eigenvalue weighted by Crippen LogP contribution is -2.35. The molecule has 0 atom stereocenters. The van der Waals surface area contributed by atoms with Crippen LogP contribution in [0, 0.1) is 0 Å². The lowest BCUT2D eigenvalue weighted by molar-refractivity contribution is -0.122. The van der Waals surface area contributed by atoms with Crippen LogP contribution in [0.1, 0.15) is 26.3 Å². The molecule has 0 spiro atoms. The van der Waals surface area contributed by atoms with Gasteiger partial charge in [0.05, 0.1) is 0 Å². The molecule has 18 heavy (non-hydrogen) atoms. The van der Waals surface area contributed by atoms with E-state index in [-0.39, 0.29) is 18.1 Å². The van der Waals surface area contributed by atoms with E-state index < -0.39 is 0 Å². The van der Waals surface area contributed by atoms with Gasteiger partial charge in [-0.3, -0.25) is 4.79 Å². The second-order valence-electron chi connectivity index (χ2n) is 5.21. The molecule has 1 aromatic rings. The fourth-order valence-electron chi connectivity index (χ4n) is 1.29. The van der Waals surface area contributed by atoms with Crippen LogP contribution in [0.2, 0.25) is 0 Å². The molecule has 4 nitrogen and oxygen atoms in total. The molecule has 0 unspecified atom stereocenters. The van der Waals surface area contributed by atoms with Crippen molar-refractivity contribution in [3.63, 3.8) is 0 Å². The predicted octanol–water partition coefficient (Wildman–Crippen LogP) is 1.70. The van der Waals surface area contributed by atoms with E-state index in [0.29, 0.717) is 5.75 Å². The van der Waals surface area contributed by atoms with Crippen LogP contribution in [0.5, 0.6) is 5.75 Å². The summed E-state index contributed by atoms with van der Waals surface area (Å²) in [7, 11) is 1.59. The van der Waals surface area contributed by atoms with Crippen LogP contribution in [0.15, 0.2) is 24.3 Å². The summed E-state index contributed by atoms with van der Waals surface area (Å²) in [5.41, 5.74) is 1.30. The van der Waals surface area contributed by atoms with Gasteiger partial charge in [-0.25, -0.2) is 0 Å². The van der Waals surface area contributed by atoms with Gasteiger partial charge in [-0.05, 0) is 38.5 Å². The minimum absolute atomic E-state index is 0.0517. The van der Waals surface area contributed by atoms with E-state index in [1.165, 1.54) is 5.56 Å². The smallest absolute Gasteiger partial charge is 0.257 e. The molecule has 4 heteroatoms. The molecule has 0 radical (unpaired) electrons. The standard InChI is InChI=1S/C14H22N2O2/c1-14(2,3)16-9-11-5-7-12(8-6-11)18-10-13(17)15-4/h5-8,16H,9-10H2,1-4H3,(H,15,17). The van der Waals surface area contributed by atoms with E-state index in [1.54, 1.807) is 7.05 Å². The van der Waals surface area contributed by atoms with Crippen molar-refractivity contribution in [2.75, 3.05) is 13.7 Å². The Bertz CT molecular complexity index is 380. The van der Waals surface area contributed by atoms with Gasteiger partial charge < -0.3 is 15.4 Å². The Morgan fingerprint density at radius 2 is 1.83 bits per heavy atom. The second kappa shape index (κ2) is 6.40. The summed E-state index contributed by atoms with van der Waals surface area (Å²) in [6, 6.07) is 7.75. The van der Waals surface area contributed by atoms with Crippen LogP contribution in [-0.2, 0) is 11.3 Å². The molecule has 1 amide bonds. The van der Waals surface area contributed by atoms with E-state index in [0.717, 1.165) is 6.54 Å². The van der Waals surface area contributed by atoms with Gasteiger partial charge in [0.1, 0.15) is 5.75 Å². The molecule has 1 rings (SSSR count). The van der Waals surface area contributed by atoms with Crippen molar-refractivity contribution < 1.29 is 9.53 Å². The lowest BCUT2D eigenvalue weighted by atomic mass is 10.1. The molecule has 2 N–H and O–H groups in total. The maximum atomic E-state index is 11.0. The average molecular weight is 250 g/mol. The van der Waals surface area contributed by atoms with E-state index in [2.05, 4.69) is 31.4 Å². The molecule has 0 aliphatic carbocycles. The quantitative estimate of drug-likeness (QED) is 0.836. The molecule has 0 fully saturated rings. The van der Waals surface area contributed by atoms with Crippen molar-refractivity contribution in [1.29, 1.82) is 0 Å². The first kappa shape index (κ1) is 14.5. The molecule has 0 bridgehead atoms. The van der Waals surface area contributed by atoms with Gasteiger partial charge in [0.25, 0.3) is 5.91 Å². The van der Waals surface area contributed by atoms with Gasteiger partial charge in [0, 0.05) is 19.1 Å². The van der Waals surface area contributed by atoms with Gasteiger partial charge >= 0.3 is 0 Å². The van der Waals surface area contributed by atoms with Gasteiger partial charge in [-0.2, -0.15) is 0 Å². The summed E-state index contributed by atoms with van der Waals surface area (Å²) in [5.74, 6) is 0.576. The van der Waals surface area contributed by atoms with Gasteiger partial charge in [-0.1, -0.05) is 12.1 Å². The first-order chi connectivity index (χ1) is 8.40. The van der Waals surface area contributed by atoms with Crippen LogP contribution in [0.3, 0.4) is 0 Å². The normalized spacial score (nSPS) is 11.1. The number of carbonyl (C=O) groups excluding carboxylic acids is 1. The third-order valence-corrected chi connectivity index (χ3v) is 2.39. The Hall–Kier alpha value is -1.55. The fourth-order valence-corrected chi connectivity index (χ4v) is 1.29. The average Bonchev–Trinajstić information content (AvgIpc) is 2.33. The van der Waals surface area contributed by atoms with E-state index in [1.807, 2.05) is 24.3 Å². The summed E-state index contributed by atoms with van der Waals surface area (Å²) < 4.78 is 5.33. The molecular formula is C14H22N2O2. The number of hydrogen-bond acceptors (Lipinski definition) is 3. The largest absolute Gasteiger partial charge is 0.484 e. The highest BCUT2D eigenvalue weighted by atomic mass is 16.5. The first-order valence-electron chi connectivity index (χ1n) is 6.08. The van der Waals surface area contributed by atoms with Gasteiger partial charge in [-0.15, -0.1) is 0 Å². The summed E-state index contributed by atoms with van der Waals surface area (Å²) in [6.45, 7) is 7.27. The Labute approximate surface area is 109 Å². The van der Waals surface area contributed by atoms with Gasteiger partial charge in [0.2, 0.25) is 0 Å². The highest BCUT2D eigenvalue weighted by molar-refractivity contribution is 5.77. The van der Waals surface area contributed by atoms with Crippen molar-refractivity contribution in [1.82, 2.24) is 10.6 Å². The molecule has 0 heterocycles. The Kier molecular flexibility index (Phi) is 5.16. The number of likely N-dealkylation sites (N-methyl/N-ethyl adjacent to an activating group) is 1. The number of ether oxygens (including phenoxy) is 1. The fraction of sp³-hybridized carbons (Fsp3) is 0.500. The number of amides is 1. The van der Waals surface area contributed by atoms with Crippen molar-refractivity contribution in [3.8, 4) is 5.75 Å². The number of nitrogens with one attached hydrogen (secondary N) is 2. The topological polar surface area (TPSA) is 50.4 Å². The van der Waals surface area contributed by atoms with Crippen LogP contribution >= 0.6 is 0 Å². The number of benzene rings is 1. The predicted molar refractivity (Wildman–Crippen MR) is 72.6 cm³/mol. The zero-order valence-corrected chi connectivity index (χ0v) is 11.5. The zero-order valence-electron chi connectivity index (χ0n) is 11.5. The van der Waals surface area contributed by atoms with Crippen LogP contribution in [0.25, 0.3) is 0 Å². The maximum Gasteiger partial charge on any atom is 0.257 e. The Balaban J connectivity index is 2.45. The monoisotopic (exact) mass is 250 g/mol. The minimum Gasteiger partial charge on any atom is -0.484 e. The van der Waals surface area contributed by atoms with Crippen LogP contribution in [-0.4, -0.2) is 25.1 Å². The van der Waals surface area contributed by atoms with Crippen molar-refractivity contribution >= 4 is 5.91 Å². The molecule has 0 saturated heterocycles. The number of carbonyl (C=O) groups is 1. The summed E-state index contributed by atoms with van der Waals surface area (Å²) in [6.07, 6.45) is 0. The molecule has 0 aliphatic rings. The van der Waals surface area contributed by atoms with Crippen molar-refractivity contribution in [2.45, 2.75) is 32.9 Å². The second-order valence-corrected chi connectivity index (χ2v) is 5.21. The van der Waals surface area contributed by atoms with Crippen molar-refractivity contribution in [3.05, 3.63) is 29.8 Å². The Morgan fingerprint density at radius 3 is 2.33 bits per heavy atom. The third kappa shape index (κ3) is 5.68. The lowest BCUT2D eigenvalue weighted by Gasteiger charge is -2.20. The summed E-state index contributed by atoms with van der Waals surface area (Å²) >= 11 is 0. The molecule has 0 aromatic heterocycles. The van der Waals surface area contributed by atoms with E-state index >= 15 is 0 Å². The molecular weight excluding hydrogens is 228 g/mol.